The highest BCUT2D eigenvalue weighted by Gasteiger charge is 2.49. The van der Waals surface area contributed by atoms with Crippen molar-refractivity contribution in [3.05, 3.63) is 34.1 Å². The molecule has 10 heteroatoms. The lowest BCUT2D eigenvalue weighted by Crippen LogP contribution is -2.53. The average Bonchev–Trinajstić information content (AvgIpc) is 2.58. The Hall–Kier alpha value is -1.52. The smallest absolute Gasteiger partial charge is 0.413 e. The highest BCUT2D eigenvalue weighted by molar-refractivity contribution is 9.10. The van der Waals surface area contributed by atoms with Crippen LogP contribution in [0.25, 0.3) is 0 Å². The van der Waals surface area contributed by atoms with E-state index in [1.165, 1.54) is 27.0 Å². The number of ether oxygens (including phenoxy) is 1. The van der Waals surface area contributed by atoms with Crippen molar-refractivity contribution in [3.63, 3.8) is 0 Å². The summed E-state index contributed by atoms with van der Waals surface area (Å²) in [4.78, 5) is 17.0. The molecular weight excluding hydrogens is 465 g/mol. The second-order valence-corrected chi connectivity index (χ2v) is 12.3. The van der Waals surface area contributed by atoms with E-state index in [0.29, 0.717) is 4.47 Å². The standard InChI is InChI=1S/C19H27BrFN3O4S/c1-17(2,3)28-16(25)22-15-18(4,5)29(26,27)24(7)11-19(6,23-15)13-10-12(20)8-9-14(13)21/h8-10H,11H2,1-7H3,(H,22,23,25)/t19-/m0/s1. The maximum Gasteiger partial charge on any atom is 0.413 e. The fraction of sp³-hybridized carbons (Fsp3) is 0.579. The minimum absolute atomic E-state index is 0.106. The molecule has 1 amide bonds. The van der Waals surface area contributed by atoms with Crippen LogP contribution in [0.15, 0.2) is 27.7 Å². The quantitative estimate of drug-likeness (QED) is 0.647. The van der Waals surface area contributed by atoms with Crippen LogP contribution in [0.2, 0.25) is 0 Å². The average molecular weight is 492 g/mol. The molecule has 0 saturated carbocycles. The molecule has 0 spiro atoms. The largest absolute Gasteiger partial charge is 0.444 e. The van der Waals surface area contributed by atoms with Crippen LogP contribution in [-0.4, -0.2) is 48.6 Å². The number of sulfonamides is 1. The first-order valence-electron chi connectivity index (χ1n) is 9.01. The number of aliphatic imine (C=N–C) groups is 1. The van der Waals surface area contributed by atoms with Crippen LogP contribution in [-0.2, 0) is 20.3 Å². The molecule has 1 heterocycles. The van der Waals surface area contributed by atoms with E-state index in [1.54, 1.807) is 39.8 Å². The highest BCUT2D eigenvalue weighted by atomic mass is 79.9. The van der Waals surface area contributed by atoms with Gasteiger partial charge in [-0.2, -0.15) is 0 Å². The number of carbonyl (C=O) groups is 1. The van der Waals surface area contributed by atoms with Crippen LogP contribution in [0.4, 0.5) is 9.18 Å². The van der Waals surface area contributed by atoms with E-state index in [0.717, 1.165) is 4.31 Å². The van der Waals surface area contributed by atoms with E-state index >= 15 is 0 Å². The number of hydrogen-bond donors (Lipinski definition) is 1. The zero-order valence-electron chi connectivity index (χ0n) is 17.6. The molecule has 2 rings (SSSR count). The van der Waals surface area contributed by atoms with Gasteiger partial charge in [0.05, 0.1) is 0 Å². The Bertz CT molecular complexity index is 957. The van der Waals surface area contributed by atoms with Gasteiger partial charge in [0.25, 0.3) is 0 Å². The fourth-order valence-corrected chi connectivity index (χ4v) is 4.98. The number of amides is 1. The molecule has 0 fully saturated rings. The summed E-state index contributed by atoms with van der Waals surface area (Å²) in [6, 6.07) is 4.39. The summed E-state index contributed by atoms with van der Waals surface area (Å²) in [5, 5.41) is 2.49. The summed E-state index contributed by atoms with van der Waals surface area (Å²) >= 11 is 3.32. The summed E-state index contributed by atoms with van der Waals surface area (Å²) < 4.78 is 46.5. The van der Waals surface area contributed by atoms with E-state index in [9.17, 15) is 17.6 Å². The van der Waals surface area contributed by atoms with Gasteiger partial charge in [0.1, 0.15) is 27.5 Å². The third kappa shape index (κ3) is 4.80. The normalized spacial score (nSPS) is 24.4. The first kappa shape index (κ1) is 23.8. The van der Waals surface area contributed by atoms with Crippen molar-refractivity contribution in [2.24, 2.45) is 4.99 Å². The fourth-order valence-electron chi connectivity index (χ4n) is 3.08. The van der Waals surface area contributed by atoms with Crippen LogP contribution in [0.3, 0.4) is 0 Å². The van der Waals surface area contributed by atoms with Crippen molar-refractivity contribution in [1.29, 1.82) is 0 Å². The van der Waals surface area contributed by atoms with Gasteiger partial charge in [-0.15, -0.1) is 0 Å². The molecule has 1 atom stereocenters. The maximum absolute atomic E-state index is 14.7. The van der Waals surface area contributed by atoms with Gasteiger partial charge in [-0.3, -0.25) is 10.3 Å². The third-order valence-corrected chi connectivity index (χ3v) is 7.57. The minimum atomic E-state index is -3.92. The zero-order chi connectivity index (χ0) is 22.4. The molecule has 1 aliphatic rings. The van der Waals surface area contributed by atoms with Crippen LogP contribution in [0, 0.1) is 5.82 Å². The Morgan fingerprint density at radius 1 is 1.31 bits per heavy atom. The number of benzene rings is 1. The monoisotopic (exact) mass is 491 g/mol. The second kappa shape index (κ2) is 7.63. The maximum atomic E-state index is 14.7. The van der Waals surface area contributed by atoms with Gasteiger partial charge in [-0.1, -0.05) is 15.9 Å². The molecular formula is C19H27BrFN3O4S. The van der Waals surface area contributed by atoms with Crippen molar-refractivity contribution in [2.75, 3.05) is 13.6 Å². The van der Waals surface area contributed by atoms with Gasteiger partial charge in [-0.05, 0) is 59.7 Å². The van der Waals surface area contributed by atoms with Gasteiger partial charge in [0.2, 0.25) is 10.0 Å². The summed E-state index contributed by atoms with van der Waals surface area (Å²) in [5.74, 6) is -0.639. The molecule has 1 aliphatic heterocycles. The molecule has 1 aromatic carbocycles. The molecule has 1 aromatic rings. The molecule has 0 radical (unpaired) electrons. The van der Waals surface area contributed by atoms with Gasteiger partial charge in [-0.25, -0.2) is 21.9 Å². The summed E-state index contributed by atoms with van der Waals surface area (Å²) in [7, 11) is -2.50. The number of alkyl carbamates (subject to hydrolysis) is 1. The Labute approximate surface area is 179 Å². The van der Waals surface area contributed by atoms with E-state index in [4.69, 9.17) is 4.74 Å². The first-order chi connectivity index (χ1) is 13.0. The van der Waals surface area contributed by atoms with E-state index in [-0.39, 0.29) is 17.9 Å². The van der Waals surface area contributed by atoms with Crippen molar-refractivity contribution in [1.82, 2.24) is 9.62 Å². The van der Waals surface area contributed by atoms with Crippen molar-refractivity contribution >= 4 is 37.9 Å². The number of nitrogens with zero attached hydrogens (tertiary/aromatic N) is 2. The van der Waals surface area contributed by atoms with Crippen LogP contribution in [0.5, 0.6) is 0 Å². The highest BCUT2D eigenvalue weighted by Crippen LogP contribution is 2.37. The van der Waals surface area contributed by atoms with Gasteiger partial charge >= 0.3 is 6.09 Å². The Morgan fingerprint density at radius 3 is 2.45 bits per heavy atom. The lowest BCUT2D eigenvalue weighted by Gasteiger charge is -2.30. The molecule has 29 heavy (non-hydrogen) atoms. The molecule has 0 saturated heterocycles. The molecule has 0 bridgehead atoms. The van der Waals surface area contributed by atoms with Crippen molar-refractivity contribution < 1.29 is 22.3 Å². The summed E-state index contributed by atoms with van der Waals surface area (Å²) in [5.41, 5.74) is -1.86. The van der Waals surface area contributed by atoms with Crippen LogP contribution in [0.1, 0.15) is 47.1 Å². The lowest BCUT2D eigenvalue weighted by molar-refractivity contribution is 0.0561. The van der Waals surface area contributed by atoms with E-state index in [1.807, 2.05) is 0 Å². The predicted molar refractivity (Wildman–Crippen MR) is 114 cm³/mol. The topological polar surface area (TPSA) is 88.1 Å². The van der Waals surface area contributed by atoms with Crippen molar-refractivity contribution in [3.8, 4) is 0 Å². The van der Waals surface area contributed by atoms with E-state index < -0.39 is 37.8 Å². The number of halogens is 2. The minimum Gasteiger partial charge on any atom is -0.444 e. The van der Waals surface area contributed by atoms with Crippen molar-refractivity contribution in [2.45, 2.75) is 57.4 Å². The molecule has 0 aromatic heterocycles. The third-order valence-electron chi connectivity index (χ3n) is 4.64. The number of nitrogens with one attached hydrogen (secondary N) is 1. The van der Waals surface area contributed by atoms with Gasteiger partial charge < -0.3 is 4.74 Å². The van der Waals surface area contributed by atoms with Crippen LogP contribution < -0.4 is 5.32 Å². The summed E-state index contributed by atoms with van der Waals surface area (Å²) in [6.07, 6.45) is -0.832. The SMILES string of the molecule is CN1C[C@@](C)(c2cc(Br)ccc2F)N=C(NC(=O)OC(C)(C)C)C(C)(C)S1(=O)=O. The number of carbonyl (C=O) groups excluding carboxylic acids is 1. The molecule has 1 N–H and O–H groups in total. The first-order valence-corrected chi connectivity index (χ1v) is 11.2. The predicted octanol–water partition coefficient (Wildman–Crippen LogP) is 3.78. The molecule has 162 valence electrons. The Balaban J connectivity index is 2.67. The van der Waals surface area contributed by atoms with Gasteiger partial charge in [0.15, 0.2) is 0 Å². The molecule has 7 nitrogen and oxygen atoms in total. The molecule has 0 aliphatic carbocycles. The van der Waals surface area contributed by atoms with Gasteiger partial charge in [0, 0.05) is 23.6 Å². The second-order valence-electron chi connectivity index (χ2n) is 8.76. The van der Waals surface area contributed by atoms with E-state index in [2.05, 4.69) is 26.2 Å². The number of amidine groups is 1. The number of likely N-dealkylation sites (N-methyl/N-ethyl adjacent to an activating group) is 1. The summed E-state index contributed by atoms with van der Waals surface area (Å²) in [6.45, 7) is 9.48. The van der Waals surface area contributed by atoms with Crippen LogP contribution >= 0.6 is 15.9 Å². The zero-order valence-corrected chi connectivity index (χ0v) is 20.0. The Kier molecular flexibility index (Phi) is 6.25. The number of rotatable bonds is 1. The molecule has 0 unspecified atom stereocenters. The number of hydrogen-bond acceptors (Lipinski definition) is 5. The lowest BCUT2D eigenvalue weighted by atomic mass is 9.91. The Morgan fingerprint density at radius 2 is 1.90 bits per heavy atom.